The van der Waals surface area contributed by atoms with Crippen LogP contribution in [0.2, 0.25) is 0 Å². The molecule has 2 aromatic rings. The molecule has 0 bridgehead atoms. The standard InChI is InChI=1S/C32H41N3O3/c1-4-5-11-30(36)35(32(31(37)38)18-7-6-8-19-32)23-25-12-14-26(15-13-25)28-21-27(16-17-29(28)33-3)34-20-9-10-24(2)22-34/h12-17,21,24H,4-11,18-20,22-23H2,1-2H3,(H,37,38). The topological polar surface area (TPSA) is 65.2 Å². The van der Waals surface area contributed by atoms with Gasteiger partial charge in [0.25, 0.3) is 0 Å². The molecule has 0 aromatic heterocycles. The zero-order valence-electron chi connectivity index (χ0n) is 22.9. The van der Waals surface area contributed by atoms with Gasteiger partial charge in [-0.1, -0.05) is 69.9 Å². The molecule has 1 saturated heterocycles. The van der Waals surface area contributed by atoms with Gasteiger partial charge in [0.2, 0.25) is 5.91 Å². The average molecular weight is 516 g/mol. The van der Waals surface area contributed by atoms with E-state index in [4.69, 9.17) is 6.57 Å². The average Bonchev–Trinajstić information content (AvgIpc) is 2.95. The first-order valence-electron chi connectivity index (χ1n) is 14.3. The summed E-state index contributed by atoms with van der Waals surface area (Å²) < 4.78 is 0. The van der Waals surface area contributed by atoms with Gasteiger partial charge in [0.1, 0.15) is 5.54 Å². The third-order valence-corrected chi connectivity index (χ3v) is 8.37. The van der Waals surface area contributed by atoms with E-state index in [1.165, 1.54) is 12.8 Å². The molecule has 0 spiro atoms. The number of carbonyl (C=O) groups is 2. The fourth-order valence-corrected chi connectivity index (χ4v) is 6.12. The van der Waals surface area contributed by atoms with Gasteiger partial charge in [-0.05, 0) is 66.8 Å². The number of aliphatic carboxylic acids is 1. The van der Waals surface area contributed by atoms with Crippen LogP contribution < -0.4 is 4.90 Å². The second-order valence-electron chi connectivity index (χ2n) is 11.2. The first-order chi connectivity index (χ1) is 18.4. The molecule has 202 valence electrons. The van der Waals surface area contributed by atoms with Crippen molar-refractivity contribution >= 4 is 23.3 Å². The van der Waals surface area contributed by atoms with Crippen LogP contribution in [0.5, 0.6) is 0 Å². The van der Waals surface area contributed by atoms with Crippen LogP contribution in [0.4, 0.5) is 11.4 Å². The Bertz CT molecular complexity index is 1160. The molecular weight excluding hydrogens is 474 g/mol. The van der Waals surface area contributed by atoms with E-state index in [0.29, 0.717) is 30.9 Å². The lowest BCUT2D eigenvalue weighted by atomic mass is 9.79. The Morgan fingerprint density at radius 3 is 2.47 bits per heavy atom. The van der Waals surface area contributed by atoms with E-state index in [1.54, 1.807) is 4.90 Å². The summed E-state index contributed by atoms with van der Waals surface area (Å²) in [7, 11) is 0. The number of hydrogen-bond donors (Lipinski definition) is 1. The van der Waals surface area contributed by atoms with Crippen LogP contribution in [0.25, 0.3) is 16.0 Å². The summed E-state index contributed by atoms with van der Waals surface area (Å²) >= 11 is 0. The van der Waals surface area contributed by atoms with Crippen molar-refractivity contribution in [3.63, 3.8) is 0 Å². The van der Waals surface area contributed by atoms with Gasteiger partial charge in [-0.25, -0.2) is 9.64 Å². The molecule has 2 aromatic carbocycles. The van der Waals surface area contributed by atoms with E-state index in [2.05, 4.69) is 28.8 Å². The molecule has 2 aliphatic rings. The fourth-order valence-electron chi connectivity index (χ4n) is 6.12. The first-order valence-corrected chi connectivity index (χ1v) is 14.3. The lowest BCUT2D eigenvalue weighted by molar-refractivity contribution is -0.163. The highest BCUT2D eigenvalue weighted by atomic mass is 16.4. The van der Waals surface area contributed by atoms with Gasteiger partial charge >= 0.3 is 5.97 Å². The van der Waals surface area contributed by atoms with Gasteiger partial charge in [-0.2, -0.15) is 0 Å². The van der Waals surface area contributed by atoms with Crippen molar-refractivity contribution in [3.05, 3.63) is 59.4 Å². The van der Waals surface area contributed by atoms with E-state index in [9.17, 15) is 14.7 Å². The minimum atomic E-state index is -1.13. The maximum atomic E-state index is 13.3. The van der Waals surface area contributed by atoms with Gasteiger partial charge in [0.15, 0.2) is 5.69 Å². The molecule has 1 aliphatic heterocycles. The summed E-state index contributed by atoms with van der Waals surface area (Å²) in [5.41, 5.74) is 3.42. The maximum Gasteiger partial charge on any atom is 0.329 e. The van der Waals surface area contributed by atoms with Crippen LogP contribution in [0.3, 0.4) is 0 Å². The predicted octanol–water partition coefficient (Wildman–Crippen LogP) is 7.45. The number of benzene rings is 2. The summed E-state index contributed by atoms with van der Waals surface area (Å²) in [5.74, 6) is -0.295. The molecule has 1 saturated carbocycles. The smallest absolute Gasteiger partial charge is 0.329 e. The largest absolute Gasteiger partial charge is 0.479 e. The second-order valence-corrected chi connectivity index (χ2v) is 11.2. The maximum absolute atomic E-state index is 13.3. The van der Waals surface area contributed by atoms with Crippen molar-refractivity contribution < 1.29 is 14.7 Å². The van der Waals surface area contributed by atoms with Gasteiger partial charge in [-0.15, -0.1) is 0 Å². The molecular formula is C32H41N3O3. The minimum absolute atomic E-state index is 0.0704. The molecule has 1 N–H and O–H groups in total. The Labute approximate surface area is 227 Å². The summed E-state index contributed by atoms with van der Waals surface area (Å²) in [6, 6.07) is 14.1. The second kappa shape index (κ2) is 12.5. The minimum Gasteiger partial charge on any atom is -0.479 e. The number of carbonyl (C=O) groups excluding carboxylic acids is 1. The summed E-state index contributed by atoms with van der Waals surface area (Å²) in [6.45, 7) is 14.4. The van der Waals surface area contributed by atoms with Crippen LogP contribution >= 0.6 is 0 Å². The quantitative estimate of drug-likeness (QED) is 0.352. The molecule has 6 nitrogen and oxygen atoms in total. The van der Waals surface area contributed by atoms with Crippen LogP contribution in [-0.2, 0) is 16.1 Å². The number of anilines is 1. The Morgan fingerprint density at radius 2 is 1.84 bits per heavy atom. The number of unbranched alkanes of at least 4 members (excludes halogenated alkanes) is 1. The van der Waals surface area contributed by atoms with Crippen molar-refractivity contribution in [2.24, 2.45) is 5.92 Å². The van der Waals surface area contributed by atoms with Crippen molar-refractivity contribution in [2.45, 2.75) is 90.1 Å². The number of amides is 1. The Kier molecular flexibility index (Phi) is 9.09. The van der Waals surface area contributed by atoms with Crippen LogP contribution in [0, 0.1) is 12.5 Å². The van der Waals surface area contributed by atoms with Crippen LogP contribution in [-0.4, -0.2) is 40.5 Å². The van der Waals surface area contributed by atoms with Crippen LogP contribution in [0.1, 0.15) is 83.6 Å². The molecule has 1 aliphatic carbocycles. The first kappa shape index (κ1) is 27.7. The fraction of sp³-hybridized carbons (Fsp3) is 0.531. The Balaban J connectivity index is 1.61. The molecule has 4 rings (SSSR count). The van der Waals surface area contributed by atoms with Gasteiger partial charge in [0.05, 0.1) is 6.57 Å². The van der Waals surface area contributed by atoms with Crippen LogP contribution in [0.15, 0.2) is 42.5 Å². The summed E-state index contributed by atoms with van der Waals surface area (Å²) in [6.07, 6.45) is 8.15. The zero-order chi connectivity index (χ0) is 27.1. The summed E-state index contributed by atoms with van der Waals surface area (Å²) in [5, 5.41) is 10.3. The highest BCUT2D eigenvalue weighted by molar-refractivity contribution is 5.87. The highest BCUT2D eigenvalue weighted by Crippen LogP contribution is 2.38. The van der Waals surface area contributed by atoms with E-state index in [0.717, 1.165) is 67.6 Å². The van der Waals surface area contributed by atoms with E-state index in [-0.39, 0.29) is 12.5 Å². The molecule has 0 radical (unpaired) electrons. The molecule has 2 fully saturated rings. The monoisotopic (exact) mass is 515 g/mol. The Morgan fingerprint density at radius 1 is 1.11 bits per heavy atom. The zero-order valence-corrected chi connectivity index (χ0v) is 22.9. The predicted molar refractivity (Wildman–Crippen MR) is 152 cm³/mol. The molecule has 1 heterocycles. The lowest BCUT2D eigenvalue weighted by Crippen LogP contribution is -2.57. The van der Waals surface area contributed by atoms with Gasteiger partial charge in [-0.3, -0.25) is 4.79 Å². The van der Waals surface area contributed by atoms with Crippen molar-refractivity contribution in [3.8, 4) is 11.1 Å². The van der Waals surface area contributed by atoms with Gasteiger partial charge < -0.3 is 14.9 Å². The number of nitrogens with zero attached hydrogens (tertiary/aromatic N) is 3. The van der Waals surface area contributed by atoms with Crippen molar-refractivity contribution in [1.29, 1.82) is 0 Å². The van der Waals surface area contributed by atoms with E-state index < -0.39 is 11.5 Å². The van der Waals surface area contributed by atoms with E-state index in [1.807, 2.05) is 37.3 Å². The molecule has 6 heteroatoms. The number of hydrogen-bond acceptors (Lipinski definition) is 3. The number of rotatable bonds is 9. The normalized spacial score (nSPS) is 19.0. The molecule has 1 unspecified atom stereocenters. The van der Waals surface area contributed by atoms with Crippen molar-refractivity contribution in [2.75, 3.05) is 18.0 Å². The van der Waals surface area contributed by atoms with Crippen molar-refractivity contribution in [1.82, 2.24) is 4.90 Å². The lowest BCUT2D eigenvalue weighted by Gasteiger charge is -2.43. The van der Waals surface area contributed by atoms with Gasteiger partial charge in [0, 0.05) is 31.7 Å². The SMILES string of the molecule is [C-]#[N+]c1ccc(N2CCCC(C)C2)cc1-c1ccc(CN(C(=O)CCCC)C2(C(=O)O)CCCCC2)cc1. The number of piperidine rings is 1. The Hall–Kier alpha value is -3.33. The molecule has 1 atom stereocenters. The highest BCUT2D eigenvalue weighted by Gasteiger charge is 2.46. The number of carboxylic acid groups (broad SMARTS) is 1. The third kappa shape index (κ3) is 6.04. The molecule has 1 amide bonds. The number of carboxylic acids is 1. The van der Waals surface area contributed by atoms with E-state index >= 15 is 0 Å². The summed E-state index contributed by atoms with van der Waals surface area (Å²) in [4.78, 5) is 33.7. The third-order valence-electron chi connectivity index (χ3n) is 8.37. The molecule has 38 heavy (non-hydrogen) atoms.